The molecule has 0 saturated carbocycles. The summed E-state index contributed by atoms with van der Waals surface area (Å²) in [5, 5.41) is 6.27. The van der Waals surface area contributed by atoms with Gasteiger partial charge in [0, 0.05) is 25.2 Å². The van der Waals surface area contributed by atoms with Crippen LogP contribution in [0.3, 0.4) is 0 Å². The second kappa shape index (κ2) is 9.13. The molecule has 1 saturated heterocycles. The third-order valence-corrected chi connectivity index (χ3v) is 7.19. The second-order valence-corrected chi connectivity index (χ2v) is 9.15. The summed E-state index contributed by atoms with van der Waals surface area (Å²) >= 11 is 12.1. The summed E-state index contributed by atoms with van der Waals surface area (Å²) in [6.45, 7) is 0.621. The summed E-state index contributed by atoms with van der Waals surface area (Å²) in [4.78, 5) is 23.8. The van der Waals surface area contributed by atoms with Crippen molar-refractivity contribution >= 4 is 45.0 Å². The highest BCUT2D eigenvalue weighted by Crippen LogP contribution is 2.25. The van der Waals surface area contributed by atoms with Crippen LogP contribution in [0.4, 0.5) is 0 Å². The molecule has 0 spiro atoms. The van der Waals surface area contributed by atoms with Gasteiger partial charge in [0.25, 0.3) is 5.91 Å². The zero-order valence-electron chi connectivity index (χ0n) is 15.3. The van der Waals surface area contributed by atoms with E-state index in [1.54, 1.807) is 12.1 Å². The van der Waals surface area contributed by atoms with Crippen LogP contribution < -0.4 is 10.6 Å². The number of piperazine rings is 1. The van der Waals surface area contributed by atoms with Crippen molar-refractivity contribution in [1.29, 1.82) is 0 Å². The molecule has 2 N–H and O–H groups in total. The number of benzene rings is 2. The first kappa shape index (κ1) is 21.6. The first-order valence-electron chi connectivity index (χ1n) is 8.87. The molecular formula is C19H19Cl2N3O4S. The fourth-order valence-corrected chi connectivity index (χ4v) is 4.71. The third kappa shape index (κ3) is 5.08. The molecule has 0 radical (unpaired) electrons. The van der Waals surface area contributed by atoms with Crippen molar-refractivity contribution in [3.63, 3.8) is 0 Å². The zero-order chi connectivity index (χ0) is 21.0. The summed E-state index contributed by atoms with van der Waals surface area (Å²) in [5.74, 6) is -0.667. The fraction of sp³-hybridized carbons (Fsp3) is 0.263. The van der Waals surface area contributed by atoms with Crippen LogP contribution in [0.2, 0.25) is 10.0 Å². The Morgan fingerprint density at radius 3 is 2.55 bits per heavy atom. The van der Waals surface area contributed by atoms with Crippen LogP contribution in [-0.4, -0.2) is 50.7 Å². The minimum absolute atomic E-state index is 0.0365. The third-order valence-electron chi connectivity index (χ3n) is 4.47. The van der Waals surface area contributed by atoms with E-state index in [2.05, 4.69) is 10.6 Å². The van der Waals surface area contributed by atoms with Gasteiger partial charge < -0.3 is 10.6 Å². The number of hydrogen-bond acceptors (Lipinski definition) is 4. The Hall–Kier alpha value is -2.13. The van der Waals surface area contributed by atoms with Crippen molar-refractivity contribution in [2.24, 2.45) is 0 Å². The molecule has 2 amide bonds. The van der Waals surface area contributed by atoms with Crippen LogP contribution in [0.15, 0.2) is 47.4 Å². The summed E-state index contributed by atoms with van der Waals surface area (Å²) in [5.41, 5.74) is 1.16. The van der Waals surface area contributed by atoms with E-state index in [-0.39, 0.29) is 36.3 Å². The molecule has 3 rings (SSSR count). The highest BCUT2D eigenvalue weighted by atomic mass is 35.5. The number of halogens is 2. The number of rotatable bonds is 6. The van der Waals surface area contributed by atoms with E-state index in [1.165, 1.54) is 24.3 Å². The van der Waals surface area contributed by atoms with Crippen LogP contribution in [-0.2, 0) is 21.2 Å². The van der Waals surface area contributed by atoms with Gasteiger partial charge in [0.05, 0.1) is 21.5 Å². The van der Waals surface area contributed by atoms with Crippen LogP contribution in [0.25, 0.3) is 0 Å². The zero-order valence-corrected chi connectivity index (χ0v) is 17.6. The van der Waals surface area contributed by atoms with Gasteiger partial charge >= 0.3 is 0 Å². The minimum Gasteiger partial charge on any atom is -0.354 e. The number of hydrogen-bond donors (Lipinski definition) is 2. The van der Waals surface area contributed by atoms with E-state index in [0.29, 0.717) is 28.6 Å². The topological polar surface area (TPSA) is 95.6 Å². The van der Waals surface area contributed by atoms with Gasteiger partial charge in [0.1, 0.15) is 0 Å². The Morgan fingerprint density at radius 2 is 1.86 bits per heavy atom. The standard InChI is InChI=1S/C19H19Cl2N3O4S/c20-16-3-1-2-13(18(16)21)8-9-23-19(26)14-4-6-15(7-5-14)29(27,28)24-11-10-22-17(25)12-24/h1-7H,8-12H2,(H,22,25)(H,23,26). The fourth-order valence-electron chi connectivity index (χ4n) is 2.90. The van der Waals surface area contributed by atoms with Gasteiger partial charge in [-0.05, 0) is 42.3 Å². The van der Waals surface area contributed by atoms with E-state index in [0.717, 1.165) is 9.87 Å². The van der Waals surface area contributed by atoms with Crippen molar-refractivity contribution < 1.29 is 18.0 Å². The van der Waals surface area contributed by atoms with Crippen molar-refractivity contribution in [1.82, 2.24) is 14.9 Å². The van der Waals surface area contributed by atoms with Gasteiger partial charge in [-0.15, -0.1) is 0 Å². The summed E-state index contributed by atoms with van der Waals surface area (Å²) in [6.07, 6.45) is 0.509. The Labute approximate surface area is 179 Å². The second-order valence-electron chi connectivity index (χ2n) is 6.43. The van der Waals surface area contributed by atoms with Crippen LogP contribution in [0, 0.1) is 0 Å². The average Bonchev–Trinajstić information content (AvgIpc) is 2.71. The molecule has 0 aromatic heterocycles. The Balaban J connectivity index is 1.61. The highest BCUT2D eigenvalue weighted by molar-refractivity contribution is 7.89. The lowest BCUT2D eigenvalue weighted by atomic mass is 10.1. The molecule has 7 nitrogen and oxygen atoms in total. The van der Waals surface area contributed by atoms with Crippen LogP contribution in [0.1, 0.15) is 15.9 Å². The molecular weight excluding hydrogens is 437 g/mol. The van der Waals surface area contributed by atoms with Crippen molar-refractivity contribution in [3.05, 3.63) is 63.6 Å². The van der Waals surface area contributed by atoms with E-state index in [1.807, 2.05) is 6.07 Å². The van der Waals surface area contributed by atoms with Crippen LogP contribution >= 0.6 is 23.2 Å². The first-order valence-corrected chi connectivity index (χ1v) is 11.1. The molecule has 29 heavy (non-hydrogen) atoms. The minimum atomic E-state index is -3.79. The number of carbonyl (C=O) groups is 2. The van der Waals surface area contributed by atoms with E-state index in [9.17, 15) is 18.0 Å². The van der Waals surface area contributed by atoms with Gasteiger partial charge in [-0.25, -0.2) is 8.42 Å². The van der Waals surface area contributed by atoms with E-state index >= 15 is 0 Å². The lowest BCUT2D eigenvalue weighted by Gasteiger charge is -2.25. The molecule has 1 fully saturated rings. The maximum Gasteiger partial charge on any atom is 0.251 e. The number of amides is 2. The number of nitrogens with one attached hydrogen (secondary N) is 2. The van der Waals surface area contributed by atoms with E-state index < -0.39 is 10.0 Å². The number of carbonyl (C=O) groups excluding carboxylic acids is 2. The summed E-state index contributed by atoms with van der Waals surface area (Å²) < 4.78 is 26.4. The maximum atomic E-state index is 12.6. The van der Waals surface area contributed by atoms with Gasteiger partial charge in [-0.2, -0.15) is 4.31 Å². The molecule has 1 heterocycles. The molecule has 2 aromatic rings. The molecule has 2 aromatic carbocycles. The predicted molar refractivity (Wildman–Crippen MR) is 111 cm³/mol. The van der Waals surface area contributed by atoms with Crippen LogP contribution in [0.5, 0.6) is 0 Å². The molecule has 0 atom stereocenters. The monoisotopic (exact) mass is 455 g/mol. The number of sulfonamides is 1. The maximum absolute atomic E-state index is 12.6. The normalized spacial score (nSPS) is 15.0. The average molecular weight is 456 g/mol. The lowest BCUT2D eigenvalue weighted by molar-refractivity contribution is -0.122. The van der Waals surface area contributed by atoms with Gasteiger partial charge in [-0.1, -0.05) is 35.3 Å². The molecule has 0 aliphatic carbocycles. The molecule has 10 heteroatoms. The largest absolute Gasteiger partial charge is 0.354 e. The Morgan fingerprint density at radius 1 is 1.14 bits per heavy atom. The van der Waals surface area contributed by atoms with E-state index in [4.69, 9.17) is 23.2 Å². The van der Waals surface area contributed by atoms with Gasteiger partial charge in [-0.3, -0.25) is 9.59 Å². The molecule has 154 valence electrons. The lowest BCUT2D eigenvalue weighted by Crippen LogP contribution is -2.49. The predicted octanol–water partition coefficient (Wildman–Crippen LogP) is 2.09. The molecule has 0 bridgehead atoms. The summed E-state index contributed by atoms with van der Waals surface area (Å²) in [7, 11) is -3.79. The van der Waals surface area contributed by atoms with Gasteiger partial charge in [0.2, 0.25) is 15.9 Å². The van der Waals surface area contributed by atoms with Crippen molar-refractivity contribution in [2.45, 2.75) is 11.3 Å². The highest BCUT2D eigenvalue weighted by Gasteiger charge is 2.29. The van der Waals surface area contributed by atoms with Gasteiger partial charge in [0.15, 0.2) is 0 Å². The van der Waals surface area contributed by atoms with Crippen molar-refractivity contribution in [3.8, 4) is 0 Å². The smallest absolute Gasteiger partial charge is 0.251 e. The molecule has 1 aliphatic heterocycles. The molecule has 1 aliphatic rings. The first-order chi connectivity index (χ1) is 13.8. The van der Waals surface area contributed by atoms with Crippen molar-refractivity contribution in [2.75, 3.05) is 26.2 Å². The Kier molecular flexibility index (Phi) is 6.79. The molecule has 0 unspecified atom stereocenters. The summed E-state index contributed by atoms with van der Waals surface area (Å²) in [6, 6.07) is 10.9. The quantitative estimate of drug-likeness (QED) is 0.696. The number of nitrogens with zero attached hydrogens (tertiary/aromatic N) is 1. The SMILES string of the molecule is O=C1CN(S(=O)(=O)c2ccc(C(=O)NCCc3cccc(Cl)c3Cl)cc2)CCN1. The Bertz CT molecular complexity index is 1030.